The Morgan fingerprint density at radius 1 is 1.17 bits per heavy atom. The number of nitrogens with one attached hydrogen (secondary N) is 1. The van der Waals surface area contributed by atoms with Crippen molar-refractivity contribution in [1.29, 1.82) is 0 Å². The van der Waals surface area contributed by atoms with Crippen LogP contribution in [0.4, 0.5) is 0 Å². The van der Waals surface area contributed by atoms with E-state index < -0.39 is 24.0 Å². The molecule has 0 aliphatic carbocycles. The van der Waals surface area contributed by atoms with Crippen LogP contribution in [0.15, 0.2) is 54.6 Å². The zero-order valence-electron chi connectivity index (χ0n) is 13.1. The molecule has 126 valence electrons. The summed E-state index contributed by atoms with van der Waals surface area (Å²) in [6, 6.07) is 15.3. The number of aliphatic hydroxyl groups excluding tert-OH is 1. The molecule has 0 fully saturated rings. The van der Waals surface area contributed by atoms with Crippen molar-refractivity contribution >= 4 is 34.5 Å². The van der Waals surface area contributed by atoms with Crippen molar-refractivity contribution in [2.24, 2.45) is 0 Å². The Balaban J connectivity index is 2.11. The Hall–Kier alpha value is -1.93. The third-order valence-electron chi connectivity index (χ3n) is 3.49. The predicted molar refractivity (Wildman–Crippen MR) is 98.2 cm³/mol. The van der Waals surface area contributed by atoms with Gasteiger partial charge in [-0.15, -0.1) is 0 Å². The van der Waals surface area contributed by atoms with Gasteiger partial charge in [-0.2, -0.15) is 0 Å². The Bertz CT molecular complexity index is 705. The first-order valence-corrected chi connectivity index (χ1v) is 8.45. The highest BCUT2D eigenvalue weighted by molar-refractivity contribution is 14.1. The van der Waals surface area contributed by atoms with Gasteiger partial charge in [-0.05, 0) is 45.9 Å². The quantitative estimate of drug-likeness (QED) is 0.535. The van der Waals surface area contributed by atoms with Crippen LogP contribution < -0.4 is 5.32 Å². The van der Waals surface area contributed by atoms with Gasteiger partial charge in [0.15, 0.2) is 6.10 Å². The van der Waals surface area contributed by atoms with Crippen LogP contribution in [0, 0.1) is 3.57 Å². The fraction of sp³-hybridized carbons (Fsp3) is 0.222. The molecule has 24 heavy (non-hydrogen) atoms. The molecule has 2 aromatic carbocycles. The molecule has 0 saturated heterocycles. The maximum Gasteiger partial charge on any atom is 0.328 e. The van der Waals surface area contributed by atoms with Crippen LogP contribution in [-0.4, -0.2) is 30.1 Å². The molecule has 2 atom stereocenters. The molecule has 1 amide bonds. The van der Waals surface area contributed by atoms with Gasteiger partial charge in [-0.3, -0.25) is 4.79 Å². The van der Waals surface area contributed by atoms with Crippen molar-refractivity contribution in [3.05, 3.63) is 69.3 Å². The summed E-state index contributed by atoms with van der Waals surface area (Å²) in [5, 5.41) is 12.7. The second kappa shape index (κ2) is 8.79. The van der Waals surface area contributed by atoms with Gasteiger partial charge < -0.3 is 15.2 Å². The van der Waals surface area contributed by atoms with Crippen LogP contribution in [0.3, 0.4) is 0 Å². The number of ether oxygens (including phenoxy) is 1. The summed E-state index contributed by atoms with van der Waals surface area (Å²) < 4.78 is 5.80. The van der Waals surface area contributed by atoms with E-state index in [0.29, 0.717) is 5.56 Å². The van der Waals surface area contributed by atoms with Gasteiger partial charge >= 0.3 is 5.97 Å². The lowest BCUT2D eigenvalue weighted by atomic mass is 10.0. The van der Waals surface area contributed by atoms with Gasteiger partial charge in [0.05, 0.1) is 7.11 Å². The smallest absolute Gasteiger partial charge is 0.328 e. The Labute approximate surface area is 154 Å². The third-order valence-corrected chi connectivity index (χ3v) is 4.17. The van der Waals surface area contributed by atoms with Crippen molar-refractivity contribution in [1.82, 2.24) is 5.32 Å². The molecule has 0 heterocycles. The van der Waals surface area contributed by atoms with E-state index in [9.17, 15) is 14.7 Å². The van der Waals surface area contributed by atoms with Gasteiger partial charge in [0.25, 0.3) is 5.91 Å². The minimum atomic E-state index is -1.34. The molecule has 2 aromatic rings. The van der Waals surface area contributed by atoms with E-state index in [0.717, 1.165) is 9.13 Å². The van der Waals surface area contributed by atoms with E-state index in [4.69, 9.17) is 4.74 Å². The summed E-state index contributed by atoms with van der Waals surface area (Å²) in [6.07, 6.45) is -1.05. The second-order valence-corrected chi connectivity index (χ2v) is 6.48. The SMILES string of the molecule is COC(=O)[C@H](Cc1cccc(I)c1)NC(=O)[C@@H](O)c1ccccc1. The van der Waals surface area contributed by atoms with Crippen LogP contribution in [0.1, 0.15) is 17.2 Å². The Morgan fingerprint density at radius 3 is 2.50 bits per heavy atom. The number of amides is 1. The van der Waals surface area contributed by atoms with Gasteiger partial charge in [-0.1, -0.05) is 42.5 Å². The molecule has 0 bridgehead atoms. The monoisotopic (exact) mass is 439 g/mol. The number of carbonyl (C=O) groups excluding carboxylic acids is 2. The van der Waals surface area contributed by atoms with Crippen LogP contribution in [-0.2, 0) is 20.7 Å². The minimum absolute atomic E-state index is 0.288. The number of halogens is 1. The maximum absolute atomic E-state index is 12.3. The Kier molecular flexibility index (Phi) is 6.74. The lowest BCUT2D eigenvalue weighted by Crippen LogP contribution is -2.45. The summed E-state index contributed by atoms with van der Waals surface area (Å²) in [6.45, 7) is 0. The molecule has 2 rings (SSSR count). The van der Waals surface area contributed by atoms with E-state index in [1.165, 1.54) is 7.11 Å². The number of aliphatic hydroxyl groups is 1. The average Bonchev–Trinajstić information content (AvgIpc) is 2.60. The van der Waals surface area contributed by atoms with E-state index in [-0.39, 0.29) is 6.42 Å². The van der Waals surface area contributed by atoms with Gasteiger partial charge in [0.1, 0.15) is 6.04 Å². The number of carbonyl (C=O) groups is 2. The maximum atomic E-state index is 12.3. The molecule has 6 heteroatoms. The van der Waals surface area contributed by atoms with Crippen molar-refractivity contribution in [2.45, 2.75) is 18.6 Å². The molecule has 2 N–H and O–H groups in total. The highest BCUT2D eigenvalue weighted by Crippen LogP contribution is 2.14. The van der Waals surface area contributed by atoms with Crippen LogP contribution in [0.5, 0.6) is 0 Å². The fourth-order valence-corrected chi connectivity index (χ4v) is 2.88. The summed E-state index contributed by atoms with van der Waals surface area (Å²) in [5.41, 5.74) is 1.36. The summed E-state index contributed by atoms with van der Waals surface area (Å²) in [7, 11) is 1.27. The third kappa shape index (κ3) is 5.04. The Morgan fingerprint density at radius 2 is 1.88 bits per heavy atom. The first-order chi connectivity index (χ1) is 11.5. The molecule has 0 radical (unpaired) electrons. The molecule has 0 unspecified atom stereocenters. The summed E-state index contributed by atoms with van der Waals surface area (Å²) in [5.74, 6) is -1.19. The molecular formula is C18H18INO4. The molecule has 0 aromatic heterocycles. The highest BCUT2D eigenvalue weighted by atomic mass is 127. The van der Waals surface area contributed by atoms with Crippen LogP contribution >= 0.6 is 22.6 Å². The van der Waals surface area contributed by atoms with Crippen molar-refractivity contribution < 1.29 is 19.4 Å². The van der Waals surface area contributed by atoms with E-state index in [2.05, 4.69) is 27.9 Å². The number of hydrogen-bond acceptors (Lipinski definition) is 4. The predicted octanol–water partition coefficient (Wildman–Crippen LogP) is 2.23. The molecule has 0 aliphatic heterocycles. The van der Waals surface area contributed by atoms with Gasteiger partial charge in [0, 0.05) is 9.99 Å². The first kappa shape index (κ1) is 18.4. The normalized spacial score (nSPS) is 13.0. The first-order valence-electron chi connectivity index (χ1n) is 7.37. The molecular weight excluding hydrogens is 421 g/mol. The zero-order chi connectivity index (χ0) is 17.5. The molecule has 5 nitrogen and oxygen atoms in total. The molecule has 0 aliphatic rings. The number of benzene rings is 2. The van der Waals surface area contributed by atoms with Crippen molar-refractivity contribution in [3.8, 4) is 0 Å². The van der Waals surface area contributed by atoms with Crippen LogP contribution in [0.2, 0.25) is 0 Å². The standard InChI is InChI=1S/C18H18INO4/c1-24-18(23)15(11-12-6-5-9-14(19)10-12)20-17(22)16(21)13-7-3-2-4-8-13/h2-10,15-16,21H,11H2,1H3,(H,20,22)/t15-,16-/m0/s1. The largest absolute Gasteiger partial charge is 0.467 e. The molecule has 0 spiro atoms. The highest BCUT2D eigenvalue weighted by Gasteiger charge is 2.26. The zero-order valence-corrected chi connectivity index (χ0v) is 15.3. The van der Waals surface area contributed by atoms with Crippen molar-refractivity contribution in [3.63, 3.8) is 0 Å². The number of esters is 1. The number of rotatable bonds is 6. The lowest BCUT2D eigenvalue weighted by molar-refractivity contribution is -0.146. The molecule has 0 saturated carbocycles. The number of methoxy groups -OCH3 is 1. The number of hydrogen-bond donors (Lipinski definition) is 2. The van der Waals surface area contributed by atoms with E-state index in [1.807, 2.05) is 24.3 Å². The topological polar surface area (TPSA) is 75.6 Å². The summed E-state index contributed by atoms with van der Waals surface area (Å²) in [4.78, 5) is 24.2. The second-order valence-electron chi connectivity index (χ2n) is 5.23. The minimum Gasteiger partial charge on any atom is -0.467 e. The van der Waals surface area contributed by atoms with E-state index >= 15 is 0 Å². The van der Waals surface area contributed by atoms with Gasteiger partial charge in [-0.25, -0.2) is 4.79 Å². The van der Waals surface area contributed by atoms with Gasteiger partial charge in [0.2, 0.25) is 0 Å². The average molecular weight is 439 g/mol. The fourth-order valence-electron chi connectivity index (χ4n) is 2.27. The van der Waals surface area contributed by atoms with E-state index in [1.54, 1.807) is 30.3 Å². The van der Waals surface area contributed by atoms with Crippen molar-refractivity contribution in [2.75, 3.05) is 7.11 Å². The lowest BCUT2D eigenvalue weighted by Gasteiger charge is -2.19. The van der Waals surface area contributed by atoms with Crippen LogP contribution in [0.25, 0.3) is 0 Å². The summed E-state index contributed by atoms with van der Waals surface area (Å²) >= 11 is 2.18.